The minimum Gasteiger partial charge on any atom is -0.491 e. The topological polar surface area (TPSA) is 77.8 Å². The van der Waals surface area contributed by atoms with Gasteiger partial charge in [0.1, 0.15) is 18.5 Å². The summed E-state index contributed by atoms with van der Waals surface area (Å²) in [4.78, 5) is 12.5. The third-order valence-corrected chi connectivity index (χ3v) is 7.83. The van der Waals surface area contributed by atoms with Gasteiger partial charge in [-0.2, -0.15) is 4.31 Å². The zero-order valence-electron chi connectivity index (χ0n) is 17.3. The summed E-state index contributed by atoms with van der Waals surface area (Å²) in [5.74, 6) is 0.727. The van der Waals surface area contributed by atoms with Crippen molar-refractivity contribution in [2.75, 3.05) is 26.3 Å². The molecular formula is C23H24N2O5S. The maximum Gasteiger partial charge on any atom is 0.251 e. The molecule has 0 radical (unpaired) electrons. The summed E-state index contributed by atoms with van der Waals surface area (Å²) in [5.41, 5.74) is 2.54. The number of benzene rings is 2. The molecule has 8 heteroatoms. The normalized spacial score (nSPS) is 19.1. The first-order chi connectivity index (χ1) is 14.9. The summed E-state index contributed by atoms with van der Waals surface area (Å²) in [5, 5.41) is 0.824. The molecule has 7 nitrogen and oxygen atoms in total. The van der Waals surface area contributed by atoms with Gasteiger partial charge < -0.3 is 14.0 Å². The van der Waals surface area contributed by atoms with Gasteiger partial charge in [0, 0.05) is 31.1 Å². The number of aromatic nitrogens is 1. The van der Waals surface area contributed by atoms with Gasteiger partial charge in [-0.3, -0.25) is 4.79 Å². The largest absolute Gasteiger partial charge is 0.491 e. The Labute approximate surface area is 180 Å². The summed E-state index contributed by atoms with van der Waals surface area (Å²) in [7, 11) is -3.70. The van der Waals surface area contributed by atoms with E-state index in [9.17, 15) is 13.2 Å². The van der Waals surface area contributed by atoms with Gasteiger partial charge >= 0.3 is 0 Å². The fraction of sp³-hybridized carbons (Fsp3) is 0.348. The van der Waals surface area contributed by atoms with Crippen molar-refractivity contribution < 1.29 is 17.9 Å². The Morgan fingerprint density at radius 3 is 2.74 bits per heavy atom. The van der Waals surface area contributed by atoms with Crippen LogP contribution in [0.1, 0.15) is 11.1 Å². The van der Waals surface area contributed by atoms with Crippen molar-refractivity contribution in [2.45, 2.75) is 30.9 Å². The lowest BCUT2D eigenvalue weighted by atomic mass is 10.1. The van der Waals surface area contributed by atoms with Crippen LogP contribution in [0.5, 0.6) is 5.75 Å². The summed E-state index contributed by atoms with van der Waals surface area (Å²) >= 11 is 0. The number of rotatable bonds is 5. The van der Waals surface area contributed by atoms with Crippen LogP contribution in [0.4, 0.5) is 0 Å². The number of aryl methyl sites for hydroxylation is 3. The fourth-order valence-corrected chi connectivity index (χ4v) is 5.93. The molecule has 2 aromatic carbocycles. The Morgan fingerprint density at radius 1 is 1.13 bits per heavy atom. The lowest BCUT2D eigenvalue weighted by molar-refractivity contribution is -0.0249. The van der Waals surface area contributed by atoms with Gasteiger partial charge in [0.15, 0.2) is 0 Å². The monoisotopic (exact) mass is 440 g/mol. The molecule has 3 heterocycles. The molecule has 2 aliphatic rings. The molecule has 31 heavy (non-hydrogen) atoms. The third kappa shape index (κ3) is 3.64. The molecule has 0 bridgehead atoms. The van der Waals surface area contributed by atoms with Crippen molar-refractivity contribution in [3.8, 4) is 5.75 Å². The molecule has 0 saturated carbocycles. The Balaban J connectivity index is 1.41. The quantitative estimate of drug-likeness (QED) is 0.609. The molecular weight excluding hydrogens is 416 g/mol. The van der Waals surface area contributed by atoms with Gasteiger partial charge in [0.05, 0.1) is 17.0 Å². The molecule has 1 fully saturated rings. The van der Waals surface area contributed by atoms with Crippen molar-refractivity contribution in [3.63, 3.8) is 0 Å². The van der Waals surface area contributed by atoms with Crippen LogP contribution in [0.15, 0.2) is 58.2 Å². The smallest absolute Gasteiger partial charge is 0.251 e. The Bertz CT molecular complexity index is 1300. The SMILES string of the molecule is Cc1cc(=O)n2c3c(cc(S(=O)(=O)N4CCOC(COc5ccccc5)C4)cc13)CC2. The molecule has 0 amide bonds. The molecule has 3 aromatic rings. The van der Waals surface area contributed by atoms with Crippen LogP contribution in [-0.2, 0) is 27.7 Å². The number of nitrogens with zero attached hydrogens (tertiary/aromatic N) is 2. The van der Waals surface area contributed by atoms with Gasteiger partial charge in [-0.25, -0.2) is 8.42 Å². The first-order valence-corrected chi connectivity index (χ1v) is 11.8. The van der Waals surface area contributed by atoms with E-state index in [4.69, 9.17) is 9.47 Å². The van der Waals surface area contributed by atoms with Gasteiger partial charge in [-0.05, 0) is 48.7 Å². The van der Waals surface area contributed by atoms with E-state index in [0.717, 1.165) is 27.8 Å². The molecule has 2 aliphatic heterocycles. The van der Waals surface area contributed by atoms with Crippen LogP contribution in [0, 0.1) is 6.92 Å². The Hall–Kier alpha value is -2.68. The van der Waals surface area contributed by atoms with Crippen LogP contribution in [-0.4, -0.2) is 49.7 Å². The predicted molar refractivity (Wildman–Crippen MR) is 117 cm³/mol. The number of hydrogen-bond donors (Lipinski definition) is 0. The first-order valence-electron chi connectivity index (χ1n) is 10.4. The molecule has 1 atom stereocenters. The van der Waals surface area contributed by atoms with E-state index in [1.807, 2.05) is 37.3 Å². The highest BCUT2D eigenvalue weighted by molar-refractivity contribution is 7.89. The molecule has 0 spiro atoms. The lowest BCUT2D eigenvalue weighted by Gasteiger charge is -2.32. The van der Waals surface area contributed by atoms with Crippen LogP contribution >= 0.6 is 0 Å². The highest BCUT2D eigenvalue weighted by Crippen LogP contribution is 2.31. The highest BCUT2D eigenvalue weighted by atomic mass is 32.2. The van der Waals surface area contributed by atoms with E-state index in [2.05, 4.69) is 0 Å². The minimum atomic E-state index is -3.70. The molecule has 1 saturated heterocycles. The summed E-state index contributed by atoms with van der Waals surface area (Å²) in [6, 6.07) is 14.4. The van der Waals surface area contributed by atoms with E-state index in [1.54, 1.807) is 22.8 Å². The average molecular weight is 441 g/mol. The van der Waals surface area contributed by atoms with Crippen molar-refractivity contribution in [3.05, 3.63) is 70.0 Å². The fourth-order valence-electron chi connectivity index (χ4n) is 4.40. The van der Waals surface area contributed by atoms with Crippen molar-refractivity contribution >= 4 is 20.9 Å². The predicted octanol–water partition coefficient (Wildman–Crippen LogP) is 2.33. The molecule has 1 aromatic heterocycles. The van der Waals surface area contributed by atoms with E-state index < -0.39 is 10.0 Å². The maximum atomic E-state index is 13.5. The lowest BCUT2D eigenvalue weighted by Crippen LogP contribution is -2.47. The zero-order valence-corrected chi connectivity index (χ0v) is 18.1. The average Bonchev–Trinajstić information content (AvgIpc) is 3.22. The second-order valence-electron chi connectivity index (χ2n) is 8.03. The van der Waals surface area contributed by atoms with E-state index in [-0.39, 0.29) is 29.7 Å². The first kappa shape index (κ1) is 20.2. The summed E-state index contributed by atoms with van der Waals surface area (Å²) in [6.45, 7) is 3.58. The molecule has 1 unspecified atom stereocenters. The minimum absolute atomic E-state index is 0.0335. The van der Waals surface area contributed by atoms with Crippen LogP contribution < -0.4 is 10.3 Å². The number of para-hydroxylation sites is 1. The molecule has 5 rings (SSSR count). The van der Waals surface area contributed by atoms with E-state index >= 15 is 0 Å². The Kier molecular flexibility index (Phi) is 5.08. The second-order valence-corrected chi connectivity index (χ2v) is 9.96. The van der Waals surface area contributed by atoms with Crippen molar-refractivity contribution in [1.29, 1.82) is 0 Å². The van der Waals surface area contributed by atoms with E-state index in [1.165, 1.54) is 4.31 Å². The van der Waals surface area contributed by atoms with Crippen LogP contribution in [0.2, 0.25) is 0 Å². The van der Waals surface area contributed by atoms with Crippen molar-refractivity contribution in [2.24, 2.45) is 0 Å². The highest BCUT2D eigenvalue weighted by Gasteiger charge is 2.32. The number of sulfonamides is 1. The standard InChI is InChI=1S/C23H24N2O5S/c1-16-11-22(26)25-8-7-17-12-20(13-21(16)23(17)25)31(27,28)24-9-10-29-19(14-24)15-30-18-5-3-2-4-6-18/h2-6,11-13,19H,7-10,14-15H2,1H3. The van der Waals surface area contributed by atoms with Gasteiger partial charge in [0.25, 0.3) is 5.56 Å². The molecule has 0 aliphatic carbocycles. The number of ether oxygens (including phenoxy) is 2. The number of hydrogen-bond acceptors (Lipinski definition) is 5. The van der Waals surface area contributed by atoms with Gasteiger partial charge in [0.2, 0.25) is 10.0 Å². The van der Waals surface area contributed by atoms with Gasteiger partial charge in [-0.1, -0.05) is 18.2 Å². The van der Waals surface area contributed by atoms with E-state index in [0.29, 0.717) is 26.1 Å². The number of pyridine rings is 1. The summed E-state index contributed by atoms with van der Waals surface area (Å²) < 4.78 is 41.7. The molecule has 162 valence electrons. The molecule has 0 N–H and O–H groups in total. The number of morpholine rings is 1. The summed E-state index contributed by atoms with van der Waals surface area (Å²) in [6.07, 6.45) is 0.320. The third-order valence-electron chi connectivity index (χ3n) is 5.99. The Morgan fingerprint density at radius 2 is 1.94 bits per heavy atom. The van der Waals surface area contributed by atoms with Gasteiger partial charge in [-0.15, -0.1) is 0 Å². The maximum absolute atomic E-state index is 13.5. The van der Waals surface area contributed by atoms with Crippen LogP contribution in [0.25, 0.3) is 10.9 Å². The van der Waals surface area contributed by atoms with Crippen LogP contribution in [0.3, 0.4) is 0 Å². The zero-order chi connectivity index (χ0) is 21.6. The second kappa shape index (κ2) is 7.78. The van der Waals surface area contributed by atoms with Crippen molar-refractivity contribution in [1.82, 2.24) is 8.87 Å².